The van der Waals surface area contributed by atoms with Crippen LogP contribution in [-0.4, -0.2) is 43.1 Å². The van der Waals surface area contributed by atoms with Crippen molar-refractivity contribution >= 4 is 5.84 Å². The second kappa shape index (κ2) is 5.47. The summed E-state index contributed by atoms with van der Waals surface area (Å²) >= 11 is 0. The van der Waals surface area contributed by atoms with Gasteiger partial charge in [0.1, 0.15) is 0 Å². The number of nitrogens with zero attached hydrogens (tertiary/aromatic N) is 1. The minimum Gasteiger partial charge on any atom is -0.387 e. The number of nitrogens with one attached hydrogen (secondary N) is 1. The van der Waals surface area contributed by atoms with Crippen LogP contribution in [-0.2, 0) is 4.74 Å². The predicted molar refractivity (Wildman–Crippen MR) is 62.1 cm³/mol. The third kappa shape index (κ3) is 4.18. The van der Waals surface area contributed by atoms with E-state index in [1.807, 2.05) is 6.92 Å². The third-order valence-electron chi connectivity index (χ3n) is 2.95. The Morgan fingerprint density at radius 1 is 1.60 bits per heavy atom. The van der Waals surface area contributed by atoms with Crippen LogP contribution < -0.4 is 5.73 Å². The minimum absolute atomic E-state index is 0.133. The molecule has 15 heavy (non-hydrogen) atoms. The highest BCUT2D eigenvalue weighted by Gasteiger charge is 2.23. The monoisotopic (exact) mass is 213 g/mol. The van der Waals surface area contributed by atoms with Gasteiger partial charge < -0.3 is 15.4 Å². The Bertz CT molecular complexity index is 220. The SMILES string of the molecule is CC1CCC(CN(C)CC(C)C(=N)N)O1. The highest BCUT2D eigenvalue weighted by molar-refractivity contribution is 5.79. The third-order valence-corrected chi connectivity index (χ3v) is 2.95. The maximum atomic E-state index is 7.33. The van der Waals surface area contributed by atoms with Crippen LogP contribution in [0.15, 0.2) is 0 Å². The van der Waals surface area contributed by atoms with Crippen LogP contribution in [0.4, 0.5) is 0 Å². The molecule has 1 rings (SSSR count). The van der Waals surface area contributed by atoms with E-state index in [1.54, 1.807) is 0 Å². The molecule has 3 N–H and O–H groups in total. The number of nitrogens with two attached hydrogens (primary N) is 1. The summed E-state index contributed by atoms with van der Waals surface area (Å²) in [6, 6.07) is 0. The lowest BCUT2D eigenvalue weighted by Gasteiger charge is -2.23. The fourth-order valence-electron chi connectivity index (χ4n) is 2.01. The standard InChI is InChI=1S/C11H23N3O/c1-8(11(12)13)6-14(3)7-10-5-4-9(2)15-10/h8-10H,4-7H2,1-3H3,(H3,12,13). The van der Waals surface area contributed by atoms with E-state index in [-0.39, 0.29) is 11.8 Å². The van der Waals surface area contributed by atoms with Crippen LogP contribution in [0, 0.1) is 11.3 Å². The van der Waals surface area contributed by atoms with Gasteiger partial charge in [-0.15, -0.1) is 0 Å². The smallest absolute Gasteiger partial charge is 0.0947 e. The van der Waals surface area contributed by atoms with Gasteiger partial charge >= 0.3 is 0 Å². The molecule has 0 aromatic heterocycles. The summed E-state index contributed by atoms with van der Waals surface area (Å²) in [6.07, 6.45) is 3.10. The van der Waals surface area contributed by atoms with Gasteiger partial charge in [-0.2, -0.15) is 0 Å². The van der Waals surface area contributed by atoms with E-state index in [0.29, 0.717) is 12.2 Å². The van der Waals surface area contributed by atoms with E-state index in [0.717, 1.165) is 19.5 Å². The number of hydrogen-bond donors (Lipinski definition) is 2. The summed E-state index contributed by atoms with van der Waals surface area (Å²) in [5, 5.41) is 7.33. The largest absolute Gasteiger partial charge is 0.387 e. The normalized spacial score (nSPS) is 28.3. The maximum absolute atomic E-state index is 7.33. The van der Waals surface area contributed by atoms with Crippen molar-refractivity contribution in [2.45, 2.75) is 38.9 Å². The van der Waals surface area contributed by atoms with Crippen molar-refractivity contribution in [2.75, 3.05) is 20.1 Å². The van der Waals surface area contributed by atoms with Crippen LogP contribution in [0.2, 0.25) is 0 Å². The second-order valence-electron chi connectivity index (χ2n) is 4.72. The van der Waals surface area contributed by atoms with Crippen molar-refractivity contribution in [3.05, 3.63) is 0 Å². The van der Waals surface area contributed by atoms with Crippen LogP contribution in [0.25, 0.3) is 0 Å². The molecule has 3 atom stereocenters. The van der Waals surface area contributed by atoms with E-state index in [2.05, 4.69) is 18.9 Å². The van der Waals surface area contributed by atoms with Gasteiger partial charge in [-0.3, -0.25) is 5.41 Å². The van der Waals surface area contributed by atoms with Crippen molar-refractivity contribution in [1.82, 2.24) is 4.90 Å². The molecule has 0 radical (unpaired) electrons. The molecule has 88 valence electrons. The molecule has 1 aliphatic rings. The first-order valence-corrected chi connectivity index (χ1v) is 5.67. The maximum Gasteiger partial charge on any atom is 0.0947 e. The van der Waals surface area contributed by atoms with Crippen LogP contribution in [0.5, 0.6) is 0 Å². The van der Waals surface area contributed by atoms with E-state index < -0.39 is 0 Å². The molecule has 1 heterocycles. The quantitative estimate of drug-likeness (QED) is 0.530. The van der Waals surface area contributed by atoms with Crippen molar-refractivity contribution in [3.8, 4) is 0 Å². The van der Waals surface area contributed by atoms with E-state index in [4.69, 9.17) is 15.9 Å². The lowest BCUT2D eigenvalue weighted by atomic mass is 10.1. The molecule has 4 heteroatoms. The first-order valence-electron chi connectivity index (χ1n) is 5.67. The zero-order chi connectivity index (χ0) is 11.4. The average Bonchev–Trinajstić information content (AvgIpc) is 2.50. The molecule has 0 amide bonds. The molecule has 0 aromatic rings. The Balaban J connectivity index is 2.23. The van der Waals surface area contributed by atoms with Crippen molar-refractivity contribution in [3.63, 3.8) is 0 Å². The Morgan fingerprint density at radius 3 is 2.73 bits per heavy atom. The van der Waals surface area contributed by atoms with Gasteiger partial charge in [0.25, 0.3) is 0 Å². The lowest BCUT2D eigenvalue weighted by molar-refractivity contribution is 0.0355. The summed E-state index contributed by atoms with van der Waals surface area (Å²) in [5.74, 6) is 0.399. The van der Waals surface area contributed by atoms with Gasteiger partial charge in [-0.25, -0.2) is 0 Å². The fraction of sp³-hybridized carbons (Fsp3) is 0.909. The highest BCUT2D eigenvalue weighted by Crippen LogP contribution is 2.19. The van der Waals surface area contributed by atoms with E-state index >= 15 is 0 Å². The number of amidine groups is 1. The van der Waals surface area contributed by atoms with Crippen LogP contribution in [0.1, 0.15) is 26.7 Å². The second-order valence-corrected chi connectivity index (χ2v) is 4.72. The van der Waals surface area contributed by atoms with Gasteiger partial charge in [0.2, 0.25) is 0 Å². The molecule has 3 unspecified atom stereocenters. The summed E-state index contributed by atoms with van der Waals surface area (Å²) in [7, 11) is 2.06. The summed E-state index contributed by atoms with van der Waals surface area (Å²) in [6.45, 7) is 5.89. The molecule has 4 nitrogen and oxygen atoms in total. The molecule has 0 saturated carbocycles. The van der Waals surface area contributed by atoms with Crippen molar-refractivity contribution < 1.29 is 4.74 Å². The molecule has 1 saturated heterocycles. The number of ether oxygens (including phenoxy) is 1. The molecule has 0 aliphatic carbocycles. The van der Waals surface area contributed by atoms with E-state index in [9.17, 15) is 0 Å². The number of hydrogen-bond acceptors (Lipinski definition) is 3. The highest BCUT2D eigenvalue weighted by atomic mass is 16.5. The molecule has 0 spiro atoms. The number of likely N-dealkylation sites (N-methyl/N-ethyl adjacent to an activating group) is 1. The predicted octanol–water partition coefficient (Wildman–Crippen LogP) is 1.06. The number of rotatable bonds is 5. The topological polar surface area (TPSA) is 62.3 Å². The van der Waals surface area contributed by atoms with Gasteiger partial charge in [0.05, 0.1) is 18.0 Å². The summed E-state index contributed by atoms with van der Waals surface area (Å²) < 4.78 is 5.75. The lowest BCUT2D eigenvalue weighted by Crippen LogP contribution is -2.36. The van der Waals surface area contributed by atoms with E-state index in [1.165, 1.54) is 6.42 Å². The zero-order valence-electron chi connectivity index (χ0n) is 9.99. The van der Waals surface area contributed by atoms with Gasteiger partial charge in [0, 0.05) is 19.0 Å². The average molecular weight is 213 g/mol. The van der Waals surface area contributed by atoms with Gasteiger partial charge in [-0.1, -0.05) is 6.92 Å². The molecule has 0 bridgehead atoms. The van der Waals surface area contributed by atoms with Gasteiger partial charge in [0.15, 0.2) is 0 Å². The van der Waals surface area contributed by atoms with Crippen LogP contribution >= 0.6 is 0 Å². The van der Waals surface area contributed by atoms with Crippen molar-refractivity contribution in [2.24, 2.45) is 11.7 Å². The first kappa shape index (κ1) is 12.5. The minimum atomic E-state index is 0.133. The summed E-state index contributed by atoms with van der Waals surface area (Å²) in [4.78, 5) is 2.20. The molecular formula is C11H23N3O. The Hall–Kier alpha value is -0.610. The van der Waals surface area contributed by atoms with Crippen LogP contribution in [0.3, 0.4) is 0 Å². The molecular weight excluding hydrogens is 190 g/mol. The fourth-order valence-corrected chi connectivity index (χ4v) is 2.01. The zero-order valence-corrected chi connectivity index (χ0v) is 9.99. The van der Waals surface area contributed by atoms with Crippen molar-refractivity contribution in [1.29, 1.82) is 5.41 Å². The van der Waals surface area contributed by atoms with Gasteiger partial charge in [-0.05, 0) is 26.8 Å². The Morgan fingerprint density at radius 2 is 2.27 bits per heavy atom. The Kier molecular flexibility index (Phi) is 4.54. The molecule has 1 aliphatic heterocycles. The Labute approximate surface area is 92.3 Å². The summed E-state index contributed by atoms with van der Waals surface area (Å²) in [5.41, 5.74) is 5.44. The first-order chi connectivity index (χ1) is 6.99. The molecule has 1 fully saturated rings. The molecule has 0 aromatic carbocycles.